The number of hydrogen-bond acceptors (Lipinski definition) is 4. The van der Waals surface area contributed by atoms with Crippen LogP contribution >= 0.6 is 12.4 Å². The van der Waals surface area contributed by atoms with Gasteiger partial charge in [0.1, 0.15) is 0 Å². The molecule has 0 aliphatic carbocycles. The van der Waals surface area contributed by atoms with Crippen LogP contribution in [0.2, 0.25) is 0 Å². The van der Waals surface area contributed by atoms with Crippen molar-refractivity contribution in [2.45, 2.75) is 18.0 Å². The van der Waals surface area contributed by atoms with E-state index in [4.69, 9.17) is 0 Å². The van der Waals surface area contributed by atoms with E-state index in [1.165, 1.54) is 0 Å². The molecule has 0 radical (unpaired) electrons. The smallest absolute Gasteiger partial charge is 0.274 e. The maximum atomic E-state index is 12.2. The van der Waals surface area contributed by atoms with Gasteiger partial charge in [0.25, 0.3) is 10.0 Å². The molecule has 1 aromatic carbocycles. The van der Waals surface area contributed by atoms with Gasteiger partial charge in [-0.15, -0.1) is 12.4 Å². The summed E-state index contributed by atoms with van der Waals surface area (Å²) in [6, 6.07) is 7.28. The quantitative estimate of drug-likeness (QED) is 0.787. The van der Waals surface area contributed by atoms with Crippen LogP contribution < -0.4 is 10.0 Å². The minimum Gasteiger partial charge on any atom is -0.328 e. The predicted molar refractivity (Wildman–Crippen MR) is 84.1 cm³/mol. The Morgan fingerprint density at radius 3 is 2.67 bits per heavy atom. The first-order chi connectivity index (χ1) is 9.65. The van der Waals surface area contributed by atoms with Crippen molar-refractivity contribution < 1.29 is 8.42 Å². The first-order valence-electron chi connectivity index (χ1n) is 6.80. The average molecular weight is 331 g/mol. The molecule has 21 heavy (non-hydrogen) atoms. The molecule has 1 aliphatic rings. The molecule has 0 atom stereocenters. The fourth-order valence-electron chi connectivity index (χ4n) is 2.44. The van der Waals surface area contributed by atoms with Gasteiger partial charge in [-0.25, -0.2) is 18.1 Å². The molecule has 1 aliphatic heterocycles. The number of H-pyrrole nitrogens is 1. The molecule has 6 nitrogen and oxygen atoms in total. The van der Waals surface area contributed by atoms with Crippen LogP contribution in [-0.2, 0) is 10.0 Å². The third-order valence-electron chi connectivity index (χ3n) is 3.64. The monoisotopic (exact) mass is 330 g/mol. The third-order valence-corrected chi connectivity index (χ3v) is 4.89. The van der Waals surface area contributed by atoms with Gasteiger partial charge in [-0.05, 0) is 44.0 Å². The SMILES string of the molecule is Cl.O=S(=O)(NCC1CCNCC1)c1nc2ccccc2[nH]1. The summed E-state index contributed by atoms with van der Waals surface area (Å²) in [4.78, 5) is 6.98. The summed E-state index contributed by atoms with van der Waals surface area (Å²) in [5.41, 5.74) is 1.39. The van der Waals surface area contributed by atoms with E-state index in [0.29, 0.717) is 18.0 Å². The lowest BCUT2D eigenvalue weighted by atomic mass is 9.99. The normalized spacial score (nSPS) is 16.8. The fourth-order valence-corrected chi connectivity index (χ4v) is 3.49. The van der Waals surface area contributed by atoms with Crippen LogP contribution in [0.25, 0.3) is 11.0 Å². The zero-order chi connectivity index (χ0) is 14.0. The highest BCUT2D eigenvalue weighted by Gasteiger charge is 2.21. The molecule has 1 saturated heterocycles. The fraction of sp³-hybridized carbons (Fsp3) is 0.462. The first kappa shape index (κ1) is 16.2. The van der Waals surface area contributed by atoms with Crippen molar-refractivity contribution in [2.24, 2.45) is 5.92 Å². The van der Waals surface area contributed by atoms with Crippen LogP contribution in [0.15, 0.2) is 29.4 Å². The topological polar surface area (TPSA) is 86.9 Å². The van der Waals surface area contributed by atoms with Gasteiger partial charge in [0.2, 0.25) is 5.16 Å². The van der Waals surface area contributed by atoms with Crippen LogP contribution in [0.1, 0.15) is 12.8 Å². The summed E-state index contributed by atoms with van der Waals surface area (Å²) in [7, 11) is -3.56. The number of imidazole rings is 1. The summed E-state index contributed by atoms with van der Waals surface area (Å²) < 4.78 is 27.1. The van der Waals surface area contributed by atoms with Gasteiger partial charge in [-0.3, -0.25) is 0 Å². The van der Waals surface area contributed by atoms with E-state index in [1.54, 1.807) is 6.07 Å². The van der Waals surface area contributed by atoms with Gasteiger partial charge < -0.3 is 10.3 Å². The van der Waals surface area contributed by atoms with Gasteiger partial charge in [0.15, 0.2) is 0 Å². The largest absolute Gasteiger partial charge is 0.328 e. The van der Waals surface area contributed by atoms with Crippen LogP contribution in [0.3, 0.4) is 0 Å². The number of halogens is 1. The Bertz CT molecular complexity index is 662. The van der Waals surface area contributed by atoms with Crippen molar-refractivity contribution in [3.8, 4) is 0 Å². The van der Waals surface area contributed by atoms with Crippen molar-refractivity contribution in [2.75, 3.05) is 19.6 Å². The molecule has 0 saturated carbocycles. The summed E-state index contributed by atoms with van der Waals surface area (Å²) >= 11 is 0. The van der Waals surface area contributed by atoms with Crippen molar-refractivity contribution in [1.29, 1.82) is 0 Å². The lowest BCUT2D eigenvalue weighted by Crippen LogP contribution is -2.36. The Hall–Kier alpha value is -1.15. The van der Waals surface area contributed by atoms with E-state index in [1.807, 2.05) is 18.2 Å². The number of fused-ring (bicyclic) bond motifs is 1. The first-order valence-corrected chi connectivity index (χ1v) is 8.28. The molecule has 0 unspecified atom stereocenters. The molecule has 8 heteroatoms. The highest BCUT2D eigenvalue weighted by Crippen LogP contribution is 2.15. The lowest BCUT2D eigenvalue weighted by Gasteiger charge is -2.22. The number of para-hydroxylation sites is 2. The number of aromatic nitrogens is 2. The van der Waals surface area contributed by atoms with Crippen LogP contribution in [-0.4, -0.2) is 38.0 Å². The van der Waals surface area contributed by atoms with E-state index in [-0.39, 0.29) is 17.6 Å². The van der Waals surface area contributed by atoms with Gasteiger partial charge in [-0.1, -0.05) is 12.1 Å². The van der Waals surface area contributed by atoms with Gasteiger partial charge in [0.05, 0.1) is 11.0 Å². The van der Waals surface area contributed by atoms with E-state index in [9.17, 15) is 8.42 Å². The number of piperidine rings is 1. The molecule has 116 valence electrons. The average Bonchev–Trinajstić information content (AvgIpc) is 2.91. The second-order valence-corrected chi connectivity index (χ2v) is 6.79. The van der Waals surface area contributed by atoms with E-state index < -0.39 is 10.0 Å². The highest BCUT2D eigenvalue weighted by molar-refractivity contribution is 7.89. The molecule has 3 N–H and O–H groups in total. The van der Waals surface area contributed by atoms with Crippen molar-refractivity contribution in [3.05, 3.63) is 24.3 Å². The standard InChI is InChI=1S/C13H18N4O2S.ClH/c18-20(19,15-9-10-5-7-14-8-6-10)13-16-11-3-1-2-4-12(11)17-13;/h1-4,10,14-15H,5-9H2,(H,16,17);1H. The molecular formula is C13H19ClN4O2S. The molecule has 0 spiro atoms. The summed E-state index contributed by atoms with van der Waals surface area (Å²) in [6.45, 7) is 2.38. The summed E-state index contributed by atoms with van der Waals surface area (Å²) in [6.07, 6.45) is 2.01. The number of benzene rings is 1. The second kappa shape index (κ2) is 6.74. The number of nitrogens with one attached hydrogen (secondary N) is 3. The molecule has 0 bridgehead atoms. The number of sulfonamides is 1. The van der Waals surface area contributed by atoms with Crippen molar-refractivity contribution >= 4 is 33.5 Å². The highest BCUT2D eigenvalue weighted by atomic mass is 35.5. The number of rotatable bonds is 4. The van der Waals surface area contributed by atoms with Gasteiger partial charge >= 0.3 is 0 Å². The van der Waals surface area contributed by atoms with E-state index in [0.717, 1.165) is 31.4 Å². The van der Waals surface area contributed by atoms with Crippen LogP contribution in [0.4, 0.5) is 0 Å². The lowest BCUT2D eigenvalue weighted by molar-refractivity contribution is 0.372. The van der Waals surface area contributed by atoms with Crippen molar-refractivity contribution in [3.63, 3.8) is 0 Å². The minimum absolute atomic E-state index is 0. The summed E-state index contributed by atoms with van der Waals surface area (Å²) in [5.74, 6) is 0.399. The minimum atomic E-state index is -3.56. The Morgan fingerprint density at radius 1 is 1.24 bits per heavy atom. The molecule has 1 aromatic heterocycles. The molecule has 2 heterocycles. The Labute approximate surface area is 130 Å². The second-order valence-electron chi connectivity index (χ2n) is 5.10. The predicted octanol–water partition coefficient (Wildman–Crippen LogP) is 1.26. The zero-order valence-electron chi connectivity index (χ0n) is 11.5. The third kappa shape index (κ3) is 3.74. The molecule has 2 aromatic rings. The zero-order valence-corrected chi connectivity index (χ0v) is 13.1. The van der Waals surface area contributed by atoms with E-state index in [2.05, 4.69) is 20.0 Å². The van der Waals surface area contributed by atoms with Gasteiger partial charge in [-0.2, -0.15) is 0 Å². The van der Waals surface area contributed by atoms with Crippen LogP contribution in [0.5, 0.6) is 0 Å². The number of nitrogens with zero attached hydrogens (tertiary/aromatic N) is 1. The summed E-state index contributed by atoms with van der Waals surface area (Å²) in [5, 5.41) is 3.26. The van der Waals surface area contributed by atoms with E-state index >= 15 is 0 Å². The molecule has 3 rings (SSSR count). The molecule has 1 fully saturated rings. The number of hydrogen-bond donors (Lipinski definition) is 3. The number of aromatic amines is 1. The van der Waals surface area contributed by atoms with Crippen molar-refractivity contribution in [1.82, 2.24) is 20.0 Å². The Morgan fingerprint density at radius 2 is 1.95 bits per heavy atom. The Kier molecular flexibility index (Phi) is 5.21. The van der Waals surface area contributed by atoms with Crippen LogP contribution in [0, 0.1) is 5.92 Å². The van der Waals surface area contributed by atoms with Gasteiger partial charge in [0, 0.05) is 6.54 Å². The Balaban J connectivity index is 0.00000161. The molecule has 0 amide bonds. The molecular weight excluding hydrogens is 312 g/mol. The maximum Gasteiger partial charge on any atom is 0.274 e. The maximum absolute atomic E-state index is 12.2.